The van der Waals surface area contributed by atoms with Crippen LogP contribution >= 0.6 is 0 Å². The van der Waals surface area contributed by atoms with Gasteiger partial charge < -0.3 is 86.4 Å². The van der Waals surface area contributed by atoms with Gasteiger partial charge in [0.25, 0.3) is 0 Å². The summed E-state index contributed by atoms with van der Waals surface area (Å²) in [5.41, 5.74) is 34.3. The van der Waals surface area contributed by atoms with Gasteiger partial charge in [-0.15, -0.1) is 0 Å². The van der Waals surface area contributed by atoms with E-state index >= 15 is 0 Å². The Balaban J connectivity index is 2.46. The Morgan fingerprint density at radius 2 is 1.08 bits per heavy atom. The summed E-state index contributed by atoms with van der Waals surface area (Å²) in [7, 11) is 0. The van der Waals surface area contributed by atoms with E-state index in [0.29, 0.717) is 17.7 Å². The Hall–Kier alpha value is -8.71. The lowest BCUT2D eigenvalue weighted by Gasteiger charge is -2.27. The third-order valence-corrected chi connectivity index (χ3v) is 15.0. The second-order valence-corrected chi connectivity index (χ2v) is 23.3. The van der Waals surface area contributed by atoms with Gasteiger partial charge >= 0.3 is 5.97 Å². The van der Waals surface area contributed by atoms with Crippen molar-refractivity contribution in [3.05, 3.63) is 48.0 Å². The summed E-state index contributed by atoms with van der Waals surface area (Å²) >= 11 is 0. The molecular weight excluding hydrogens is 1190 g/mol. The number of nitrogens with zero attached hydrogens (tertiary/aromatic N) is 3. The van der Waals surface area contributed by atoms with Crippen molar-refractivity contribution in [3.8, 4) is 5.75 Å². The number of aliphatic hydroxyl groups excluding tert-OH is 2. The monoisotopic (exact) mass is 1280 g/mol. The Morgan fingerprint density at radius 1 is 0.571 bits per heavy atom. The minimum absolute atomic E-state index is 0.00356. The lowest BCUT2D eigenvalue weighted by molar-refractivity contribution is -0.142. The number of carbonyl (C=O) groups excluding carboxylic acids is 11. The van der Waals surface area contributed by atoms with Crippen molar-refractivity contribution in [3.63, 3.8) is 0 Å². The number of carbonyl (C=O) groups is 12. The molecule has 0 radical (unpaired) electrons. The average molecular weight is 1280 g/mol. The van der Waals surface area contributed by atoms with Gasteiger partial charge in [-0.25, -0.2) is 4.98 Å². The lowest BCUT2D eigenvalue weighted by Crippen LogP contribution is -2.50. The lowest BCUT2D eigenvalue weighted by atomic mass is 9.88. The first-order chi connectivity index (χ1) is 42.8. The van der Waals surface area contributed by atoms with Crippen LogP contribution in [0.2, 0.25) is 0 Å². The van der Waals surface area contributed by atoms with Crippen LogP contribution in [0.15, 0.2) is 46.8 Å². The maximum Gasteiger partial charge on any atom is 0.305 e. The highest BCUT2D eigenvalue weighted by Crippen LogP contribution is 2.23. The molecule has 22 N–H and O–H groups in total. The molecule has 11 atom stereocenters. The van der Waals surface area contributed by atoms with E-state index in [1.807, 2.05) is 13.8 Å². The van der Waals surface area contributed by atoms with Crippen LogP contribution < -0.4 is 61.0 Å². The molecule has 1 aromatic carbocycles. The first-order valence-electron chi connectivity index (χ1n) is 30.3. The third-order valence-electron chi connectivity index (χ3n) is 15.0. The van der Waals surface area contributed by atoms with Gasteiger partial charge in [0.2, 0.25) is 35.4 Å². The van der Waals surface area contributed by atoms with Crippen molar-refractivity contribution >= 4 is 82.2 Å². The molecule has 31 nitrogen and oxygen atoms in total. The summed E-state index contributed by atoms with van der Waals surface area (Å²) in [6, 6.07) is -1.18. The first-order valence-corrected chi connectivity index (χ1v) is 30.3. The first kappa shape index (κ1) is 78.4. The number of nitrogens with one attached hydrogen (secondary N) is 6. The highest BCUT2D eigenvalue weighted by Gasteiger charge is 2.38. The van der Waals surface area contributed by atoms with E-state index in [-0.39, 0.29) is 107 Å². The molecule has 0 fully saturated rings. The largest absolute Gasteiger partial charge is 0.508 e. The molecule has 506 valence electrons. The van der Waals surface area contributed by atoms with E-state index in [9.17, 15) is 78.0 Å². The Kier molecular flexibility index (Phi) is 35.2. The van der Waals surface area contributed by atoms with Crippen molar-refractivity contribution in [1.29, 1.82) is 0 Å². The molecule has 0 saturated heterocycles. The van der Waals surface area contributed by atoms with Crippen molar-refractivity contribution in [2.45, 2.75) is 174 Å². The van der Waals surface area contributed by atoms with Gasteiger partial charge in [0, 0.05) is 82.3 Å². The molecule has 2 aromatic rings. The molecule has 0 aliphatic carbocycles. The molecule has 6 amide bonds. The average Bonchev–Trinajstić information content (AvgIpc) is 2.57. The number of guanidine groups is 2. The molecule has 0 unspecified atom stereocenters. The van der Waals surface area contributed by atoms with Crippen LogP contribution in [0.25, 0.3) is 0 Å². The van der Waals surface area contributed by atoms with E-state index in [1.165, 1.54) is 50.6 Å². The number of amides is 6. The number of aromatic nitrogens is 2. The predicted octanol–water partition coefficient (Wildman–Crippen LogP) is -2.14. The summed E-state index contributed by atoms with van der Waals surface area (Å²) in [5, 5.41) is 53.7. The number of aliphatic hydroxyl groups is 2. The van der Waals surface area contributed by atoms with E-state index in [1.54, 1.807) is 0 Å². The fraction of sp³-hybridized carbons (Fsp3) is 0.617. The van der Waals surface area contributed by atoms with Crippen LogP contribution in [0, 0.1) is 35.5 Å². The standard InChI is InChI=1S/C60H95N15O16/c1-32(2)20-45(52(84)25-39(54(62)87)22-41-29-67-31-70-41)73-56(89)38(11-8-18-68-59(63)64)24-50(82)46(21-36-13-15-42(79)16-14-36)74-55(88)37(10-6-7-17-61)23-51(83)47(28-53(85)86)75-58(91)43(34(4)77)27-48(80)33(3)71-57(90)40(30-76)26-49(81)44(72-35(5)78)12-9-19-69-60(65)66/h13-16,29,31-34,37-40,43-47,76-77,79H,6-12,17-28,30,61H2,1-5H3,(H2,62,87)(H,67,70)(H,71,90)(H,72,78)(H,73,89)(H,74,88)(H,75,91)(H,85,86)(H4,63,64,68)(H4,65,66,69)/t33-,34+,37+,38+,39+,40-,43-,44-,45-,46-,47-/m0/s1. The number of imidazole rings is 1. The normalized spacial score (nSPS) is 14.8. The number of ketones is 5. The number of Topliss-reactive ketones (excluding diaryl/α,β-unsaturated/α-hetero) is 5. The zero-order valence-corrected chi connectivity index (χ0v) is 52.5. The highest BCUT2D eigenvalue weighted by molar-refractivity contribution is 5.99. The number of rotatable bonds is 47. The summed E-state index contributed by atoms with van der Waals surface area (Å²) in [6.45, 7) is 6.72. The fourth-order valence-corrected chi connectivity index (χ4v) is 9.93. The number of aliphatic carboxylic acids is 1. The molecule has 0 bridgehead atoms. The number of primary amides is 1. The van der Waals surface area contributed by atoms with E-state index in [0.717, 1.165) is 6.92 Å². The van der Waals surface area contributed by atoms with Gasteiger partial charge in [-0.1, -0.05) is 32.4 Å². The maximum absolute atomic E-state index is 14.8. The number of benzene rings is 1. The number of aliphatic imine (C=N–C) groups is 2. The smallest absolute Gasteiger partial charge is 0.305 e. The Labute approximate surface area is 528 Å². The van der Waals surface area contributed by atoms with Gasteiger partial charge in [0.15, 0.2) is 40.8 Å². The fourth-order valence-electron chi connectivity index (χ4n) is 9.93. The number of nitrogens with two attached hydrogens (primary N) is 6. The Morgan fingerprint density at radius 3 is 1.58 bits per heavy atom. The van der Waals surface area contributed by atoms with Crippen molar-refractivity contribution < 1.29 is 78.0 Å². The van der Waals surface area contributed by atoms with Crippen LogP contribution in [0.5, 0.6) is 5.75 Å². The number of H-pyrrole nitrogens is 1. The van der Waals surface area contributed by atoms with Crippen LogP contribution in [0.3, 0.4) is 0 Å². The number of phenols is 1. The second kappa shape index (κ2) is 40.8. The van der Waals surface area contributed by atoms with Crippen LogP contribution in [0.4, 0.5) is 0 Å². The molecule has 1 aromatic heterocycles. The molecule has 2 rings (SSSR count). The SMILES string of the molecule is CC(=O)N[C@@H](CCCN=C(N)N)C(=O)C[C@@H](CO)C(=O)N[C@@H](C)C(=O)C[C@H](C(=O)N[C@@H](CC(=O)O)C(=O)C[C@@H](CCCCN)C(=O)N[C@@H](Cc1ccc(O)cc1)C(=O)C[C@@H](CCCN=C(N)N)C(=O)N[C@@H](CC(C)C)C(=O)C[C@@H](Cc1cnc[nH]1)C(N)=O)[C@@H](C)O. The molecule has 0 aliphatic heterocycles. The number of carboxylic acids is 1. The van der Waals surface area contributed by atoms with Gasteiger partial charge in [-0.3, -0.25) is 67.5 Å². The maximum atomic E-state index is 14.8. The minimum atomic E-state index is -1.85. The van der Waals surface area contributed by atoms with Gasteiger partial charge in [0.05, 0.1) is 73.4 Å². The van der Waals surface area contributed by atoms with Crippen LogP contribution in [0.1, 0.15) is 136 Å². The zero-order valence-electron chi connectivity index (χ0n) is 52.5. The van der Waals surface area contributed by atoms with Crippen LogP contribution in [-0.2, 0) is 70.4 Å². The molecular formula is C60H95N15O16. The molecule has 0 saturated carbocycles. The third kappa shape index (κ3) is 30.6. The van der Waals surface area contributed by atoms with Gasteiger partial charge in [-0.2, -0.15) is 0 Å². The van der Waals surface area contributed by atoms with Gasteiger partial charge in [-0.05, 0) is 95.4 Å². The van der Waals surface area contributed by atoms with E-state index in [2.05, 4.69) is 46.5 Å². The Bertz CT molecular complexity index is 2800. The summed E-state index contributed by atoms with van der Waals surface area (Å²) in [4.78, 5) is 178. The number of unbranched alkanes of at least 4 members (excludes halogenated alkanes) is 1. The molecule has 0 spiro atoms. The van der Waals surface area contributed by atoms with Crippen LogP contribution in [-0.4, -0.2) is 175 Å². The quantitative estimate of drug-likeness (QED) is 0.0191. The second-order valence-electron chi connectivity index (χ2n) is 23.3. The molecule has 1 heterocycles. The highest BCUT2D eigenvalue weighted by atomic mass is 16.4. The molecule has 91 heavy (non-hydrogen) atoms. The van der Waals surface area contributed by atoms with Crippen molar-refractivity contribution in [2.75, 3.05) is 26.2 Å². The van der Waals surface area contributed by atoms with Gasteiger partial charge in [0.1, 0.15) is 5.75 Å². The topological polar surface area (TPSA) is 555 Å². The zero-order chi connectivity index (χ0) is 68.5. The van der Waals surface area contributed by atoms with Crippen molar-refractivity contribution in [1.82, 2.24) is 36.6 Å². The van der Waals surface area contributed by atoms with Crippen molar-refractivity contribution in [2.24, 2.45) is 79.9 Å². The number of hydrogen-bond donors (Lipinski definition) is 16. The number of aromatic hydroxyl groups is 1. The van der Waals surface area contributed by atoms with E-state index < -0.39 is 175 Å². The molecule has 0 aliphatic rings. The summed E-state index contributed by atoms with van der Waals surface area (Å²) in [5.74, 6) is -17.2. The number of aromatic amines is 1. The van der Waals surface area contributed by atoms with E-state index in [4.69, 9.17) is 34.4 Å². The summed E-state index contributed by atoms with van der Waals surface area (Å²) in [6.07, 6.45) is -1.54. The number of hydrogen-bond acceptors (Lipinski definition) is 19. The predicted molar refractivity (Wildman–Crippen MR) is 333 cm³/mol. The summed E-state index contributed by atoms with van der Waals surface area (Å²) < 4.78 is 0. The number of carboxylic acid groups (broad SMARTS) is 1. The number of phenolic OH excluding ortho intramolecular Hbond substituents is 1. The minimum Gasteiger partial charge on any atom is -0.508 e. The molecule has 31 heteroatoms.